The highest BCUT2D eigenvalue weighted by Gasteiger charge is 2.41. The number of nitrogens with zero attached hydrogens (tertiary/aromatic N) is 3. The van der Waals surface area contributed by atoms with Crippen molar-refractivity contribution in [3.63, 3.8) is 0 Å². The minimum atomic E-state index is -5.34. The molecule has 1 N–H and O–H groups in total. The molecule has 0 saturated carbocycles. The van der Waals surface area contributed by atoms with Gasteiger partial charge < -0.3 is 19.5 Å². The maximum Gasteiger partial charge on any atom is 0.471 e. The molecule has 0 spiro atoms. The topological polar surface area (TPSA) is 173 Å². The Morgan fingerprint density at radius 2 is 1.66 bits per heavy atom. The minimum absolute atomic E-state index is 0.244. The molecule has 2 aromatic carbocycles. The van der Waals surface area contributed by atoms with Gasteiger partial charge in [0.1, 0.15) is 11.8 Å². The molecular weight excluding hydrogens is 613 g/mol. The van der Waals surface area contributed by atoms with E-state index in [1.54, 1.807) is 36.5 Å². The molecule has 0 radical (unpaired) electrons. The molecule has 0 saturated heterocycles. The first-order chi connectivity index (χ1) is 20.8. The number of rotatable bonds is 13. The number of nitrogens with one attached hydrogen (secondary N) is 1. The van der Waals surface area contributed by atoms with E-state index < -0.39 is 51.7 Å². The largest absolute Gasteiger partial charge is 0.496 e. The molecule has 1 heterocycles. The van der Waals surface area contributed by atoms with Gasteiger partial charge in [-0.25, -0.2) is 9.78 Å². The van der Waals surface area contributed by atoms with Crippen LogP contribution >= 0.6 is 11.8 Å². The number of aromatic nitrogens is 1. The van der Waals surface area contributed by atoms with E-state index in [1.807, 2.05) is 0 Å². The van der Waals surface area contributed by atoms with Gasteiger partial charge in [0.05, 0.1) is 30.7 Å². The molecule has 0 aliphatic rings. The van der Waals surface area contributed by atoms with Crippen molar-refractivity contribution in [1.29, 1.82) is 0 Å². The lowest BCUT2D eigenvalue weighted by Gasteiger charge is -2.18. The van der Waals surface area contributed by atoms with Gasteiger partial charge in [-0.2, -0.15) is 13.2 Å². The Bertz CT molecular complexity index is 1520. The molecule has 1 atom stereocenters. The Morgan fingerprint density at radius 3 is 2.16 bits per heavy atom. The van der Waals surface area contributed by atoms with Gasteiger partial charge in [-0.3, -0.25) is 25.0 Å². The number of methoxy groups -OCH3 is 2. The van der Waals surface area contributed by atoms with E-state index in [1.165, 1.54) is 26.5 Å². The van der Waals surface area contributed by atoms with Gasteiger partial charge in [0.2, 0.25) is 5.88 Å². The van der Waals surface area contributed by atoms with Crippen molar-refractivity contribution in [2.45, 2.75) is 41.8 Å². The van der Waals surface area contributed by atoms with Crippen LogP contribution in [-0.2, 0) is 27.2 Å². The van der Waals surface area contributed by atoms with Gasteiger partial charge in [-0.15, -0.1) is 0 Å². The van der Waals surface area contributed by atoms with Crippen molar-refractivity contribution >= 4 is 35.0 Å². The zero-order valence-electron chi connectivity index (χ0n) is 23.4. The van der Waals surface area contributed by atoms with Crippen LogP contribution in [0.15, 0.2) is 58.5 Å². The highest BCUT2D eigenvalue weighted by Crippen LogP contribution is 2.43. The summed E-state index contributed by atoms with van der Waals surface area (Å²) in [6.45, 7) is 1.13. The van der Waals surface area contributed by atoms with Crippen LogP contribution in [0, 0.1) is 20.2 Å². The lowest BCUT2D eigenvalue weighted by atomic mass is 10.0. The van der Waals surface area contributed by atoms with Crippen LogP contribution in [-0.4, -0.2) is 59.8 Å². The van der Waals surface area contributed by atoms with Crippen molar-refractivity contribution < 1.29 is 46.8 Å². The lowest BCUT2D eigenvalue weighted by molar-refractivity contribution is -0.399. The Morgan fingerprint density at radius 1 is 1.00 bits per heavy atom. The maximum absolute atomic E-state index is 12.9. The highest BCUT2D eigenvalue weighted by atomic mass is 32.2. The molecule has 13 nitrogen and oxygen atoms in total. The second-order valence-electron chi connectivity index (χ2n) is 8.92. The van der Waals surface area contributed by atoms with Gasteiger partial charge in [0.25, 0.3) is 11.4 Å². The highest BCUT2D eigenvalue weighted by molar-refractivity contribution is 7.99. The zero-order valence-corrected chi connectivity index (χ0v) is 24.2. The molecule has 0 bridgehead atoms. The predicted octanol–water partition coefficient (Wildman–Crippen LogP) is 4.81. The van der Waals surface area contributed by atoms with Crippen molar-refractivity contribution in [1.82, 2.24) is 10.3 Å². The van der Waals surface area contributed by atoms with E-state index in [4.69, 9.17) is 14.2 Å². The molecule has 0 unspecified atom stereocenters. The monoisotopic (exact) mass is 638 g/mol. The van der Waals surface area contributed by atoms with E-state index >= 15 is 0 Å². The average molecular weight is 639 g/mol. The number of halogens is 3. The summed E-state index contributed by atoms with van der Waals surface area (Å²) in [5.74, 6) is -2.82. The number of alkyl halides is 3. The van der Waals surface area contributed by atoms with E-state index in [0.29, 0.717) is 28.5 Å². The third-order valence-corrected chi connectivity index (χ3v) is 7.06. The van der Waals surface area contributed by atoms with Gasteiger partial charge in [0, 0.05) is 42.1 Å². The molecule has 1 amide bonds. The van der Waals surface area contributed by atoms with Crippen molar-refractivity contribution in [3.05, 3.63) is 85.6 Å². The number of nitro groups is 2. The number of ether oxygens (including phenoxy) is 3. The molecule has 0 aliphatic carbocycles. The van der Waals surface area contributed by atoms with Crippen LogP contribution in [0.4, 0.5) is 24.5 Å². The molecule has 17 heteroatoms. The third kappa shape index (κ3) is 8.56. The number of hydrogen-bond acceptors (Lipinski definition) is 11. The first-order valence-electron chi connectivity index (χ1n) is 12.6. The van der Waals surface area contributed by atoms with Gasteiger partial charge in [-0.05, 0) is 41.8 Å². The quantitative estimate of drug-likeness (QED) is 0.155. The molecule has 3 rings (SSSR count). The molecule has 234 valence electrons. The molecule has 44 heavy (non-hydrogen) atoms. The van der Waals surface area contributed by atoms with Crippen LogP contribution in [0.1, 0.15) is 23.6 Å². The lowest BCUT2D eigenvalue weighted by Crippen LogP contribution is -2.48. The second-order valence-corrected chi connectivity index (χ2v) is 10.0. The second kappa shape index (κ2) is 14.5. The summed E-state index contributed by atoms with van der Waals surface area (Å²) in [5, 5.41) is 25.6. The summed E-state index contributed by atoms with van der Waals surface area (Å²) < 4.78 is 53.8. The van der Waals surface area contributed by atoms with Gasteiger partial charge in [-0.1, -0.05) is 17.8 Å². The number of carbonyl (C=O) groups excluding carboxylic acids is 2. The van der Waals surface area contributed by atoms with Crippen LogP contribution in [0.5, 0.6) is 11.6 Å². The Balaban J connectivity index is 2.02. The number of nitro benzene ring substituents is 2. The van der Waals surface area contributed by atoms with Crippen molar-refractivity contribution in [3.8, 4) is 11.6 Å². The molecule has 0 aliphatic heterocycles. The number of esters is 1. The smallest absolute Gasteiger partial charge is 0.471 e. The minimum Gasteiger partial charge on any atom is -0.496 e. The number of amides is 1. The van der Waals surface area contributed by atoms with Crippen LogP contribution in [0.2, 0.25) is 0 Å². The standard InChI is InChI=1S/C27H25F3N4O9S/c1-4-43-25(35)19(32-26(36)27(28,29)30)10-16-11-20(33(37)38)24(21(12-16)34(39)40)44-18-6-7-22(41-2)17(13-18)9-15-5-8-23(42-3)31-14-15/h5-8,11-14,19H,4,9-10H2,1-3H3,(H,32,36)/t19-/m0/s1. The van der Waals surface area contributed by atoms with Crippen LogP contribution < -0.4 is 14.8 Å². The molecule has 0 fully saturated rings. The van der Waals surface area contributed by atoms with E-state index in [2.05, 4.69) is 4.98 Å². The zero-order chi connectivity index (χ0) is 32.6. The fourth-order valence-corrected chi connectivity index (χ4v) is 5.04. The van der Waals surface area contributed by atoms with E-state index in [-0.39, 0.29) is 17.1 Å². The normalized spacial score (nSPS) is 11.8. The van der Waals surface area contributed by atoms with Crippen LogP contribution in [0.25, 0.3) is 0 Å². The summed E-state index contributed by atoms with van der Waals surface area (Å²) in [7, 11) is 2.92. The Hall–Kier alpha value is -4.93. The first kappa shape index (κ1) is 33.6. The fourth-order valence-electron chi connectivity index (χ4n) is 3.99. The van der Waals surface area contributed by atoms with Crippen LogP contribution in [0.3, 0.4) is 0 Å². The molecular formula is C27H25F3N4O9S. The third-order valence-electron chi connectivity index (χ3n) is 5.95. The number of benzene rings is 2. The number of pyridine rings is 1. The SMILES string of the molecule is CCOC(=O)[C@H](Cc1cc([N+](=O)[O-])c(Sc2ccc(OC)c(Cc3ccc(OC)nc3)c2)c([N+](=O)[O-])c1)NC(=O)C(F)(F)F. The van der Waals surface area contributed by atoms with Crippen molar-refractivity contribution in [2.75, 3.05) is 20.8 Å². The number of hydrogen-bond donors (Lipinski definition) is 1. The first-order valence-corrected chi connectivity index (χ1v) is 13.4. The molecule has 3 aromatic rings. The van der Waals surface area contributed by atoms with Gasteiger partial charge >= 0.3 is 18.1 Å². The van der Waals surface area contributed by atoms with Gasteiger partial charge in [0.15, 0.2) is 4.90 Å². The summed E-state index contributed by atoms with van der Waals surface area (Å²) in [5.41, 5.74) is -0.303. The Kier molecular flexibility index (Phi) is 11.1. The average Bonchev–Trinajstić information content (AvgIpc) is 2.97. The summed E-state index contributed by atoms with van der Waals surface area (Å²) in [6.07, 6.45) is -4.18. The maximum atomic E-state index is 12.9. The van der Waals surface area contributed by atoms with E-state index in [0.717, 1.165) is 29.5 Å². The summed E-state index contributed by atoms with van der Waals surface area (Å²) >= 11 is 0.719. The van der Waals surface area contributed by atoms with E-state index in [9.17, 15) is 43.0 Å². The molecule has 1 aromatic heterocycles. The Labute approximate surface area is 252 Å². The number of carbonyl (C=O) groups is 2. The fraction of sp³-hybridized carbons (Fsp3) is 0.296. The summed E-state index contributed by atoms with van der Waals surface area (Å²) in [6, 6.07) is 8.08. The predicted molar refractivity (Wildman–Crippen MR) is 149 cm³/mol. The summed E-state index contributed by atoms with van der Waals surface area (Å²) in [4.78, 5) is 50.3. The van der Waals surface area contributed by atoms with Crippen molar-refractivity contribution in [2.24, 2.45) is 0 Å².